The number of benzene rings is 3. The molecule has 0 saturated carbocycles. The van der Waals surface area contributed by atoms with Gasteiger partial charge in [-0.05, 0) is 105 Å². The molecule has 3 rings (SSSR count). The van der Waals surface area contributed by atoms with Crippen LogP contribution in [-0.2, 0) is 17.6 Å². The minimum Gasteiger partial charge on any atom is -0.508 e. The number of aromatic hydroxyl groups is 1. The van der Waals surface area contributed by atoms with Crippen LogP contribution in [0.15, 0.2) is 54.6 Å². The van der Waals surface area contributed by atoms with E-state index in [1.54, 1.807) is 12.1 Å². The summed E-state index contributed by atoms with van der Waals surface area (Å²) < 4.78 is 7.80. The number of hydrogen-bond donors (Lipinski definition) is 4. The van der Waals surface area contributed by atoms with Gasteiger partial charge in [0.2, 0.25) is 0 Å². The normalized spacial score (nSPS) is 11.8. The van der Waals surface area contributed by atoms with Crippen molar-refractivity contribution in [3.05, 3.63) is 78.4 Å². The number of phenolic OH excluding ortho intramolecular Hbond substituents is 1. The Labute approximate surface area is 201 Å². The van der Waals surface area contributed by atoms with Gasteiger partial charge in [0.15, 0.2) is 5.75 Å². The van der Waals surface area contributed by atoms with E-state index in [1.807, 2.05) is 42.5 Å². The van der Waals surface area contributed by atoms with E-state index in [0.717, 1.165) is 23.8 Å². The van der Waals surface area contributed by atoms with Crippen LogP contribution in [0.2, 0.25) is 0 Å². The summed E-state index contributed by atoms with van der Waals surface area (Å²) in [4.78, 5) is 11.0. The zero-order valence-corrected chi connectivity index (χ0v) is 20.1. The van der Waals surface area contributed by atoms with Gasteiger partial charge >= 0.3 is 5.97 Å². The number of halogens is 2. The third-order valence-electron chi connectivity index (χ3n) is 4.48. The van der Waals surface area contributed by atoms with Gasteiger partial charge in [-0.2, -0.15) is 0 Å². The maximum atomic E-state index is 11.0. The predicted molar refractivity (Wildman–Crippen MR) is 133 cm³/mol. The average molecular weight is 630 g/mol. The van der Waals surface area contributed by atoms with Crippen molar-refractivity contribution in [1.29, 1.82) is 0 Å². The number of phenols is 1. The zero-order valence-electron chi connectivity index (χ0n) is 15.8. The van der Waals surface area contributed by atoms with Crippen molar-refractivity contribution in [3.8, 4) is 17.2 Å². The fourth-order valence-electron chi connectivity index (χ4n) is 2.91. The summed E-state index contributed by atoms with van der Waals surface area (Å²) in [6.45, 7) is 0. The van der Waals surface area contributed by atoms with Crippen molar-refractivity contribution in [1.82, 2.24) is 0 Å². The number of ether oxygens (including phenoxy) is 1. The minimum absolute atomic E-state index is 0.196. The highest BCUT2D eigenvalue weighted by Gasteiger charge is 2.16. The van der Waals surface area contributed by atoms with Gasteiger partial charge in [-0.15, -0.1) is 0 Å². The van der Waals surface area contributed by atoms with E-state index in [-0.39, 0.29) is 12.2 Å². The first-order valence-corrected chi connectivity index (χ1v) is 11.2. The Morgan fingerprint density at radius 2 is 1.63 bits per heavy atom. The van der Waals surface area contributed by atoms with Gasteiger partial charge in [0.1, 0.15) is 17.5 Å². The molecule has 0 amide bonds. The molecule has 0 heterocycles. The molecule has 3 aromatic carbocycles. The number of nitrogen functional groups attached to an aromatic ring is 1. The maximum absolute atomic E-state index is 11.0. The van der Waals surface area contributed by atoms with E-state index < -0.39 is 12.0 Å². The van der Waals surface area contributed by atoms with Crippen molar-refractivity contribution >= 4 is 56.8 Å². The third kappa shape index (κ3) is 5.76. The molecule has 8 heteroatoms. The molecule has 0 radical (unpaired) electrons. The van der Waals surface area contributed by atoms with Gasteiger partial charge in [0, 0.05) is 17.7 Å². The lowest BCUT2D eigenvalue weighted by atomic mass is 10.0. The Morgan fingerprint density at radius 3 is 2.23 bits per heavy atom. The third-order valence-corrected chi connectivity index (χ3v) is 6.08. The number of hydrogen-bond acceptors (Lipinski definition) is 5. The Bertz CT molecular complexity index is 1050. The summed E-state index contributed by atoms with van der Waals surface area (Å²) in [7, 11) is 0. The molecule has 0 aliphatic heterocycles. The van der Waals surface area contributed by atoms with Crippen LogP contribution in [0.1, 0.15) is 16.7 Å². The molecule has 0 spiro atoms. The molecule has 6 N–H and O–H groups in total. The standard InChI is InChI=1S/C22H20I2N2O4/c23-17-8-13(10-19(26)22(28)29)9-18(24)21(17)30-16-5-6-20(27)14(11-16)7-12-1-3-15(25)4-2-12/h1-6,8-9,11,19,27H,7,10,25-26H2,(H,28,29)/t19-/m1/s1. The fourth-order valence-corrected chi connectivity index (χ4v) is 5.03. The Morgan fingerprint density at radius 1 is 1.00 bits per heavy atom. The average Bonchev–Trinajstić information content (AvgIpc) is 2.68. The minimum atomic E-state index is -1.03. The van der Waals surface area contributed by atoms with Crippen molar-refractivity contribution in [2.45, 2.75) is 18.9 Å². The van der Waals surface area contributed by atoms with E-state index in [1.165, 1.54) is 0 Å². The van der Waals surface area contributed by atoms with E-state index in [2.05, 4.69) is 45.2 Å². The molecule has 0 fully saturated rings. The van der Waals surface area contributed by atoms with E-state index in [4.69, 9.17) is 21.3 Å². The summed E-state index contributed by atoms with van der Waals surface area (Å²) in [5, 5.41) is 19.3. The molecule has 0 aromatic heterocycles. The summed E-state index contributed by atoms with van der Waals surface area (Å²) in [6, 6.07) is 15.4. The van der Waals surface area contributed by atoms with E-state index in [0.29, 0.717) is 23.6 Å². The van der Waals surface area contributed by atoms with Crippen LogP contribution < -0.4 is 16.2 Å². The number of carbonyl (C=O) groups is 1. The lowest BCUT2D eigenvalue weighted by molar-refractivity contribution is -0.138. The number of rotatable bonds is 7. The lowest BCUT2D eigenvalue weighted by Crippen LogP contribution is -2.32. The lowest BCUT2D eigenvalue weighted by Gasteiger charge is -2.14. The van der Waals surface area contributed by atoms with E-state index >= 15 is 0 Å². The molecule has 6 nitrogen and oxygen atoms in total. The Kier molecular flexibility index (Phi) is 7.42. The molecular formula is C22H20I2N2O4. The van der Waals surface area contributed by atoms with E-state index in [9.17, 15) is 9.90 Å². The largest absolute Gasteiger partial charge is 0.508 e. The zero-order chi connectivity index (χ0) is 21.8. The quantitative estimate of drug-likeness (QED) is 0.225. The molecule has 0 saturated heterocycles. The predicted octanol–water partition coefficient (Wildman–Crippen LogP) is 4.52. The van der Waals surface area contributed by atoms with Gasteiger partial charge in [-0.1, -0.05) is 12.1 Å². The molecule has 0 bridgehead atoms. The van der Waals surface area contributed by atoms with Gasteiger partial charge in [0.25, 0.3) is 0 Å². The second-order valence-electron chi connectivity index (χ2n) is 6.85. The molecule has 0 aliphatic carbocycles. The first-order chi connectivity index (χ1) is 14.2. The molecule has 1 atom stereocenters. The summed E-state index contributed by atoms with van der Waals surface area (Å²) >= 11 is 4.32. The van der Waals surface area contributed by atoms with Gasteiger partial charge in [-0.3, -0.25) is 4.79 Å². The fraction of sp³-hybridized carbons (Fsp3) is 0.136. The molecule has 156 valence electrons. The van der Waals surface area contributed by atoms with Crippen LogP contribution in [0.3, 0.4) is 0 Å². The van der Waals surface area contributed by atoms with Gasteiger partial charge < -0.3 is 26.4 Å². The Hall–Kier alpha value is -2.05. The van der Waals surface area contributed by atoms with Crippen LogP contribution >= 0.6 is 45.2 Å². The highest BCUT2D eigenvalue weighted by molar-refractivity contribution is 14.1. The second-order valence-corrected chi connectivity index (χ2v) is 9.17. The second kappa shape index (κ2) is 9.84. The van der Waals surface area contributed by atoms with Crippen LogP contribution in [0, 0.1) is 7.14 Å². The number of carboxylic acid groups (broad SMARTS) is 1. The first-order valence-electron chi connectivity index (χ1n) is 9.03. The van der Waals surface area contributed by atoms with Crippen molar-refractivity contribution in [2.75, 3.05) is 5.73 Å². The van der Waals surface area contributed by atoms with Crippen LogP contribution in [0.25, 0.3) is 0 Å². The van der Waals surface area contributed by atoms with Crippen molar-refractivity contribution < 1.29 is 19.7 Å². The molecule has 3 aromatic rings. The van der Waals surface area contributed by atoms with Crippen LogP contribution in [-0.4, -0.2) is 22.2 Å². The highest BCUT2D eigenvalue weighted by atomic mass is 127. The number of aliphatic carboxylic acids is 1. The van der Waals surface area contributed by atoms with Gasteiger partial charge in [-0.25, -0.2) is 0 Å². The van der Waals surface area contributed by atoms with Crippen LogP contribution in [0.4, 0.5) is 5.69 Å². The topological polar surface area (TPSA) is 119 Å². The molecular weight excluding hydrogens is 610 g/mol. The number of carboxylic acids is 1. The smallest absolute Gasteiger partial charge is 0.320 e. The SMILES string of the molecule is Nc1ccc(Cc2cc(Oc3c(I)cc(C[C@@H](N)C(=O)O)cc3I)ccc2O)cc1. The monoisotopic (exact) mass is 630 g/mol. The Balaban J connectivity index is 1.82. The van der Waals surface area contributed by atoms with Crippen LogP contribution in [0.5, 0.6) is 17.2 Å². The highest BCUT2D eigenvalue weighted by Crippen LogP contribution is 2.35. The van der Waals surface area contributed by atoms with Crippen molar-refractivity contribution in [2.24, 2.45) is 5.73 Å². The van der Waals surface area contributed by atoms with Gasteiger partial charge in [0.05, 0.1) is 7.14 Å². The first kappa shape index (κ1) is 22.6. The number of anilines is 1. The maximum Gasteiger partial charge on any atom is 0.320 e. The molecule has 30 heavy (non-hydrogen) atoms. The molecule has 0 aliphatic rings. The summed E-state index contributed by atoms with van der Waals surface area (Å²) in [6.07, 6.45) is 0.788. The summed E-state index contributed by atoms with van der Waals surface area (Å²) in [5.74, 6) is 0.441. The summed E-state index contributed by atoms with van der Waals surface area (Å²) in [5.41, 5.74) is 14.7. The molecule has 0 unspecified atom stereocenters. The number of nitrogens with two attached hydrogens (primary N) is 2. The van der Waals surface area contributed by atoms with Crippen molar-refractivity contribution in [3.63, 3.8) is 0 Å².